The van der Waals surface area contributed by atoms with Crippen LogP contribution in [0.15, 0.2) is 0 Å². The number of hydrogen-bond acceptors (Lipinski definition) is 1. The summed E-state index contributed by atoms with van der Waals surface area (Å²) < 4.78 is 0. The van der Waals surface area contributed by atoms with Gasteiger partial charge in [-0.3, -0.25) is 0 Å². The van der Waals surface area contributed by atoms with E-state index in [9.17, 15) is 0 Å². The molecular formula is C8H17N. The van der Waals surface area contributed by atoms with Crippen molar-refractivity contribution in [1.82, 2.24) is 5.32 Å². The average molecular weight is 127 g/mol. The summed E-state index contributed by atoms with van der Waals surface area (Å²) in [6.07, 6.45) is 1.40. The summed E-state index contributed by atoms with van der Waals surface area (Å²) in [6, 6.07) is 0.737. The molecule has 3 atom stereocenters. The second-order valence-corrected chi connectivity index (χ2v) is 3.52. The third kappa shape index (κ3) is 1.68. The van der Waals surface area contributed by atoms with Gasteiger partial charge in [0.15, 0.2) is 0 Å². The Kier molecular flexibility index (Phi) is 2.12. The molecule has 1 rings (SSSR count). The van der Waals surface area contributed by atoms with Gasteiger partial charge in [-0.2, -0.15) is 0 Å². The monoisotopic (exact) mass is 127 g/mol. The molecule has 1 nitrogen and oxygen atoms in total. The predicted octanol–water partition coefficient (Wildman–Crippen LogP) is 1.64. The molecule has 9 heavy (non-hydrogen) atoms. The number of hydrogen-bond donors (Lipinski definition) is 1. The summed E-state index contributed by atoms with van der Waals surface area (Å²) in [5.74, 6) is 1.75. The van der Waals surface area contributed by atoms with Gasteiger partial charge in [0.1, 0.15) is 0 Å². The van der Waals surface area contributed by atoms with Gasteiger partial charge in [-0.25, -0.2) is 0 Å². The van der Waals surface area contributed by atoms with Gasteiger partial charge in [0, 0.05) is 6.04 Å². The maximum atomic E-state index is 3.48. The minimum Gasteiger partial charge on any atom is -0.314 e. The van der Waals surface area contributed by atoms with Crippen molar-refractivity contribution in [3.8, 4) is 0 Å². The standard InChI is InChI=1S/C8H17N/c1-6-4-7(2)8(3)9-5-6/h6-9H,4-5H2,1-3H3/t6-,7-,8+/m0/s1. The van der Waals surface area contributed by atoms with Gasteiger partial charge in [0.05, 0.1) is 0 Å². The van der Waals surface area contributed by atoms with E-state index in [0.717, 1.165) is 17.9 Å². The smallest absolute Gasteiger partial charge is 0.00645 e. The Morgan fingerprint density at radius 3 is 2.33 bits per heavy atom. The van der Waals surface area contributed by atoms with Crippen molar-refractivity contribution in [2.45, 2.75) is 33.2 Å². The van der Waals surface area contributed by atoms with Crippen LogP contribution in [-0.4, -0.2) is 12.6 Å². The van der Waals surface area contributed by atoms with Crippen LogP contribution in [0.5, 0.6) is 0 Å². The Bertz CT molecular complexity index is 90.6. The average Bonchev–Trinajstić information content (AvgIpc) is 1.80. The van der Waals surface area contributed by atoms with Crippen molar-refractivity contribution < 1.29 is 0 Å². The topological polar surface area (TPSA) is 12.0 Å². The highest BCUT2D eigenvalue weighted by Gasteiger charge is 2.20. The van der Waals surface area contributed by atoms with E-state index < -0.39 is 0 Å². The highest BCUT2D eigenvalue weighted by atomic mass is 14.9. The SMILES string of the molecule is C[C@@H]1CN[C@H](C)[C@@H](C)C1. The van der Waals surface area contributed by atoms with Gasteiger partial charge >= 0.3 is 0 Å². The van der Waals surface area contributed by atoms with Crippen LogP contribution in [0.25, 0.3) is 0 Å². The molecule has 1 saturated heterocycles. The second kappa shape index (κ2) is 2.70. The maximum absolute atomic E-state index is 3.48. The van der Waals surface area contributed by atoms with Crippen molar-refractivity contribution in [2.75, 3.05) is 6.54 Å². The highest BCUT2D eigenvalue weighted by molar-refractivity contribution is 4.77. The van der Waals surface area contributed by atoms with Crippen LogP contribution in [0.4, 0.5) is 0 Å². The maximum Gasteiger partial charge on any atom is 0.00645 e. The van der Waals surface area contributed by atoms with Gasteiger partial charge in [-0.05, 0) is 31.7 Å². The Morgan fingerprint density at radius 2 is 1.89 bits per heavy atom. The van der Waals surface area contributed by atoms with E-state index in [1.165, 1.54) is 13.0 Å². The first kappa shape index (κ1) is 7.07. The third-order valence-corrected chi connectivity index (χ3v) is 2.42. The summed E-state index contributed by atoms with van der Waals surface area (Å²) in [5.41, 5.74) is 0. The molecule has 0 amide bonds. The van der Waals surface area contributed by atoms with Crippen LogP contribution in [-0.2, 0) is 0 Å². The van der Waals surface area contributed by atoms with E-state index >= 15 is 0 Å². The minimum atomic E-state index is 0.737. The van der Waals surface area contributed by atoms with Gasteiger partial charge in [-0.1, -0.05) is 13.8 Å². The van der Waals surface area contributed by atoms with E-state index in [-0.39, 0.29) is 0 Å². The van der Waals surface area contributed by atoms with Gasteiger partial charge in [-0.15, -0.1) is 0 Å². The van der Waals surface area contributed by atoms with Crippen molar-refractivity contribution in [3.05, 3.63) is 0 Å². The molecule has 1 heteroatoms. The van der Waals surface area contributed by atoms with E-state index in [2.05, 4.69) is 26.1 Å². The summed E-state index contributed by atoms with van der Waals surface area (Å²) >= 11 is 0. The fourth-order valence-corrected chi connectivity index (χ4v) is 1.51. The molecule has 0 unspecified atom stereocenters. The van der Waals surface area contributed by atoms with Crippen LogP contribution in [0.3, 0.4) is 0 Å². The number of piperidine rings is 1. The molecule has 0 spiro atoms. The van der Waals surface area contributed by atoms with Crippen LogP contribution in [0.1, 0.15) is 27.2 Å². The van der Waals surface area contributed by atoms with Gasteiger partial charge in [0.25, 0.3) is 0 Å². The van der Waals surface area contributed by atoms with Crippen LogP contribution < -0.4 is 5.32 Å². The zero-order chi connectivity index (χ0) is 6.85. The van der Waals surface area contributed by atoms with Crippen LogP contribution in [0, 0.1) is 11.8 Å². The van der Waals surface area contributed by atoms with E-state index in [0.29, 0.717) is 0 Å². The fourth-order valence-electron chi connectivity index (χ4n) is 1.51. The molecule has 1 N–H and O–H groups in total. The first-order valence-electron chi connectivity index (χ1n) is 3.93. The Hall–Kier alpha value is -0.0400. The molecular weight excluding hydrogens is 110 g/mol. The number of nitrogens with one attached hydrogen (secondary N) is 1. The summed E-state index contributed by atoms with van der Waals surface area (Å²) in [5, 5.41) is 3.48. The normalized spacial score (nSPS) is 45.0. The van der Waals surface area contributed by atoms with Gasteiger partial charge in [0.2, 0.25) is 0 Å². The third-order valence-electron chi connectivity index (χ3n) is 2.42. The zero-order valence-corrected chi connectivity index (χ0v) is 6.65. The molecule has 0 aromatic heterocycles. The molecule has 0 bridgehead atoms. The quantitative estimate of drug-likeness (QED) is 0.521. The first-order valence-corrected chi connectivity index (χ1v) is 3.93. The fraction of sp³-hybridized carbons (Fsp3) is 1.00. The second-order valence-electron chi connectivity index (χ2n) is 3.52. The molecule has 0 radical (unpaired) electrons. The highest BCUT2D eigenvalue weighted by Crippen LogP contribution is 2.19. The Morgan fingerprint density at radius 1 is 1.22 bits per heavy atom. The lowest BCUT2D eigenvalue weighted by Gasteiger charge is -2.31. The molecule has 0 saturated carbocycles. The van der Waals surface area contributed by atoms with E-state index in [1.54, 1.807) is 0 Å². The molecule has 1 aliphatic heterocycles. The van der Waals surface area contributed by atoms with Crippen molar-refractivity contribution in [1.29, 1.82) is 0 Å². The van der Waals surface area contributed by atoms with Gasteiger partial charge < -0.3 is 5.32 Å². The summed E-state index contributed by atoms with van der Waals surface area (Å²) in [6.45, 7) is 8.13. The molecule has 0 aromatic rings. The summed E-state index contributed by atoms with van der Waals surface area (Å²) in [4.78, 5) is 0. The Labute approximate surface area is 57.8 Å². The zero-order valence-electron chi connectivity index (χ0n) is 6.65. The lowest BCUT2D eigenvalue weighted by Crippen LogP contribution is -2.41. The Balaban J connectivity index is 2.35. The number of rotatable bonds is 0. The molecule has 54 valence electrons. The molecule has 0 aromatic carbocycles. The van der Waals surface area contributed by atoms with Crippen LogP contribution >= 0.6 is 0 Å². The first-order chi connectivity index (χ1) is 4.20. The molecule has 1 heterocycles. The van der Waals surface area contributed by atoms with Crippen molar-refractivity contribution >= 4 is 0 Å². The van der Waals surface area contributed by atoms with Crippen molar-refractivity contribution in [2.24, 2.45) is 11.8 Å². The molecule has 0 aliphatic carbocycles. The lowest BCUT2D eigenvalue weighted by atomic mass is 9.88. The minimum absolute atomic E-state index is 0.737. The lowest BCUT2D eigenvalue weighted by molar-refractivity contribution is 0.257. The van der Waals surface area contributed by atoms with E-state index in [1.807, 2.05) is 0 Å². The van der Waals surface area contributed by atoms with Crippen LogP contribution in [0.2, 0.25) is 0 Å². The van der Waals surface area contributed by atoms with Crippen molar-refractivity contribution in [3.63, 3.8) is 0 Å². The molecule has 1 fully saturated rings. The molecule has 1 aliphatic rings. The summed E-state index contributed by atoms with van der Waals surface area (Å²) in [7, 11) is 0. The largest absolute Gasteiger partial charge is 0.314 e. The van der Waals surface area contributed by atoms with E-state index in [4.69, 9.17) is 0 Å². The predicted molar refractivity (Wildman–Crippen MR) is 40.4 cm³/mol.